The predicted octanol–water partition coefficient (Wildman–Crippen LogP) is 1.88. The molecule has 0 aromatic carbocycles. The summed E-state index contributed by atoms with van der Waals surface area (Å²) in [5, 5.41) is 17.6. The van der Waals surface area contributed by atoms with E-state index in [-0.39, 0.29) is 0 Å². The fraction of sp³-hybridized carbons (Fsp3) is 0.400. The van der Waals surface area contributed by atoms with E-state index in [0.29, 0.717) is 11.4 Å². The smallest absolute Gasteiger partial charge is 0.122 e. The SMILES string of the molecule is CCc1c(C#N)[nH]c(C#N)c1CC. The van der Waals surface area contributed by atoms with Crippen LogP contribution in [0.5, 0.6) is 0 Å². The molecule has 0 aliphatic rings. The van der Waals surface area contributed by atoms with Gasteiger partial charge in [-0.2, -0.15) is 10.5 Å². The highest BCUT2D eigenvalue weighted by Gasteiger charge is 2.13. The number of hydrogen-bond acceptors (Lipinski definition) is 2. The summed E-state index contributed by atoms with van der Waals surface area (Å²) in [6.45, 7) is 3.98. The van der Waals surface area contributed by atoms with E-state index < -0.39 is 0 Å². The summed E-state index contributed by atoms with van der Waals surface area (Å²) in [4.78, 5) is 2.83. The zero-order valence-corrected chi connectivity index (χ0v) is 7.81. The van der Waals surface area contributed by atoms with Crippen LogP contribution in [0.1, 0.15) is 36.4 Å². The van der Waals surface area contributed by atoms with Gasteiger partial charge in [0, 0.05) is 0 Å². The first-order valence-corrected chi connectivity index (χ1v) is 4.32. The number of hydrogen-bond donors (Lipinski definition) is 1. The number of nitrogens with one attached hydrogen (secondary N) is 1. The number of H-pyrrole nitrogens is 1. The van der Waals surface area contributed by atoms with Crippen molar-refractivity contribution in [2.45, 2.75) is 26.7 Å². The van der Waals surface area contributed by atoms with Crippen LogP contribution < -0.4 is 0 Å². The lowest BCUT2D eigenvalue weighted by atomic mass is 10.0. The second-order valence-electron chi connectivity index (χ2n) is 2.76. The molecule has 0 saturated carbocycles. The van der Waals surface area contributed by atoms with Crippen molar-refractivity contribution in [2.75, 3.05) is 0 Å². The van der Waals surface area contributed by atoms with E-state index in [9.17, 15) is 0 Å². The standard InChI is InChI=1S/C10H11N3/c1-3-7-8(4-2)10(6-12)13-9(7)5-11/h13H,3-4H2,1-2H3. The van der Waals surface area contributed by atoms with Gasteiger partial charge in [0.05, 0.1) is 0 Å². The van der Waals surface area contributed by atoms with Crippen LogP contribution in [0.25, 0.3) is 0 Å². The molecule has 0 fully saturated rings. The zero-order chi connectivity index (χ0) is 9.84. The Hall–Kier alpha value is -1.74. The lowest BCUT2D eigenvalue weighted by molar-refractivity contribution is 1.05. The molecule has 0 aliphatic carbocycles. The highest BCUT2D eigenvalue weighted by atomic mass is 14.7. The van der Waals surface area contributed by atoms with Crippen LogP contribution in [-0.2, 0) is 12.8 Å². The molecule has 0 saturated heterocycles. The van der Waals surface area contributed by atoms with Crippen LogP contribution in [0.4, 0.5) is 0 Å². The van der Waals surface area contributed by atoms with E-state index in [1.807, 2.05) is 13.8 Å². The highest BCUT2D eigenvalue weighted by Crippen LogP contribution is 2.19. The summed E-state index contributed by atoms with van der Waals surface area (Å²) in [6.07, 6.45) is 1.59. The Bertz CT molecular complexity index is 351. The number of aromatic amines is 1. The molecule has 0 atom stereocenters. The monoisotopic (exact) mass is 173 g/mol. The van der Waals surface area contributed by atoms with Gasteiger partial charge in [0.2, 0.25) is 0 Å². The first-order valence-electron chi connectivity index (χ1n) is 4.32. The minimum atomic E-state index is 0.538. The maximum Gasteiger partial charge on any atom is 0.122 e. The Balaban J connectivity index is 3.38. The van der Waals surface area contributed by atoms with Gasteiger partial charge >= 0.3 is 0 Å². The molecule has 66 valence electrons. The van der Waals surface area contributed by atoms with Crippen molar-refractivity contribution >= 4 is 0 Å². The Kier molecular flexibility index (Phi) is 2.72. The highest BCUT2D eigenvalue weighted by molar-refractivity contribution is 5.47. The average Bonchev–Trinajstić information content (AvgIpc) is 2.54. The molecule has 0 bridgehead atoms. The van der Waals surface area contributed by atoms with Crippen LogP contribution >= 0.6 is 0 Å². The first-order chi connectivity index (χ1) is 6.28. The Labute approximate surface area is 77.6 Å². The maximum absolute atomic E-state index is 8.79. The van der Waals surface area contributed by atoms with Crippen LogP contribution in [0.15, 0.2) is 0 Å². The molecule has 1 heterocycles. The molecular weight excluding hydrogens is 162 g/mol. The van der Waals surface area contributed by atoms with Crippen molar-refractivity contribution in [3.05, 3.63) is 22.5 Å². The Morgan fingerprint density at radius 3 is 1.62 bits per heavy atom. The Morgan fingerprint density at radius 1 is 1.00 bits per heavy atom. The second-order valence-corrected chi connectivity index (χ2v) is 2.76. The summed E-state index contributed by atoms with van der Waals surface area (Å²) in [6, 6.07) is 4.14. The summed E-state index contributed by atoms with van der Waals surface area (Å²) >= 11 is 0. The average molecular weight is 173 g/mol. The zero-order valence-electron chi connectivity index (χ0n) is 7.81. The van der Waals surface area contributed by atoms with E-state index in [1.54, 1.807) is 0 Å². The fourth-order valence-corrected chi connectivity index (χ4v) is 1.55. The topological polar surface area (TPSA) is 63.4 Å². The quantitative estimate of drug-likeness (QED) is 0.742. The number of nitrogens with zero attached hydrogens (tertiary/aromatic N) is 2. The molecule has 1 aromatic heterocycles. The summed E-state index contributed by atoms with van der Waals surface area (Å²) in [5.41, 5.74) is 3.05. The van der Waals surface area contributed by atoms with Crippen molar-refractivity contribution in [3.8, 4) is 12.1 Å². The minimum Gasteiger partial charge on any atom is -0.338 e. The van der Waals surface area contributed by atoms with Crippen molar-refractivity contribution in [3.63, 3.8) is 0 Å². The molecule has 13 heavy (non-hydrogen) atoms. The molecule has 1 aromatic rings. The summed E-state index contributed by atoms with van der Waals surface area (Å²) in [7, 11) is 0. The minimum absolute atomic E-state index is 0.538. The van der Waals surface area contributed by atoms with E-state index in [0.717, 1.165) is 24.0 Å². The van der Waals surface area contributed by atoms with E-state index in [1.165, 1.54) is 0 Å². The van der Waals surface area contributed by atoms with E-state index >= 15 is 0 Å². The van der Waals surface area contributed by atoms with Gasteiger partial charge in [0.1, 0.15) is 23.5 Å². The van der Waals surface area contributed by atoms with Gasteiger partial charge < -0.3 is 4.98 Å². The number of nitriles is 2. The molecule has 0 aliphatic heterocycles. The molecule has 0 radical (unpaired) electrons. The first kappa shape index (κ1) is 9.35. The molecule has 1 N–H and O–H groups in total. The van der Waals surface area contributed by atoms with E-state index in [2.05, 4.69) is 17.1 Å². The normalized spacial score (nSPS) is 9.23. The van der Waals surface area contributed by atoms with Gasteiger partial charge in [-0.15, -0.1) is 0 Å². The van der Waals surface area contributed by atoms with E-state index in [4.69, 9.17) is 10.5 Å². The lowest BCUT2D eigenvalue weighted by Crippen LogP contribution is -1.89. The second kappa shape index (κ2) is 3.78. The van der Waals surface area contributed by atoms with Crippen molar-refractivity contribution in [1.29, 1.82) is 10.5 Å². The third-order valence-corrected chi connectivity index (χ3v) is 2.15. The van der Waals surface area contributed by atoms with Crippen molar-refractivity contribution in [1.82, 2.24) is 4.98 Å². The molecular formula is C10H11N3. The largest absolute Gasteiger partial charge is 0.338 e. The lowest BCUT2D eigenvalue weighted by Gasteiger charge is -1.96. The third-order valence-electron chi connectivity index (χ3n) is 2.15. The van der Waals surface area contributed by atoms with Gasteiger partial charge in [-0.05, 0) is 24.0 Å². The van der Waals surface area contributed by atoms with Crippen LogP contribution in [0.3, 0.4) is 0 Å². The molecule has 3 nitrogen and oxygen atoms in total. The third kappa shape index (κ3) is 1.41. The molecule has 0 unspecified atom stereocenters. The number of aromatic nitrogens is 1. The molecule has 0 amide bonds. The van der Waals surface area contributed by atoms with Gasteiger partial charge in [-0.25, -0.2) is 0 Å². The van der Waals surface area contributed by atoms with Gasteiger partial charge in [0.15, 0.2) is 0 Å². The van der Waals surface area contributed by atoms with Crippen molar-refractivity contribution < 1.29 is 0 Å². The summed E-state index contributed by atoms with van der Waals surface area (Å²) < 4.78 is 0. The summed E-state index contributed by atoms with van der Waals surface area (Å²) in [5.74, 6) is 0. The van der Waals surface area contributed by atoms with Gasteiger partial charge in [-0.3, -0.25) is 0 Å². The number of rotatable bonds is 2. The van der Waals surface area contributed by atoms with Crippen LogP contribution in [0.2, 0.25) is 0 Å². The fourth-order valence-electron chi connectivity index (χ4n) is 1.55. The predicted molar refractivity (Wildman–Crippen MR) is 49.0 cm³/mol. The van der Waals surface area contributed by atoms with Crippen molar-refractivity contribution in [2.24, 2.45) is 0 Å². The van der Waals surface area contributed by atoms with Gasteiger partial charge in [-0.1, -0.05) is 13.8 Å². The van der Waals surface area contributed by atoms with Crippen LogP contribution in [-0.4, -0.2) is 4.98 Å². The Morgan fingerprint density at radius 2 is 1.38 bits per heavy atom. The molecule has 0 spiro atoms. The van der Waals surface area contributed by atoms with Gasteiger partial charge in [0.25, 0.3) is 0 Å². The molecule has 3 heteroatoms. The van der Waals surface area contributed by atoms with Crippen LogP contribution in [0, 0.1) is 22.7 Å². The maximum atomic E-state index is 8.79. The molecule has 1 rings (SSSR count).